The zero-order chi connectivity index (χ0) is 14.3. The second-order valence-electron chi connectivity index (χ2n) is 5.27. The van der Waals surface area contributed by atoms with Gasteiger partial charge in [-0.05, 0) is 32.4 Å². The highest BCUT2D eigenvalue weighted by molar-refractivity contribution is 5.22. The maximum Gasteiger partial charge on any atom is 0.130 e. The first-order valence-electron chi connectivity index (χ1n) is 7.26. The lowest BCUT2D eigenvalue weighted by molar-refractivity contribution is 0.415. The molecular weight excluding hydrogens is 244 g/mol. The Balaban J connectivity index is 2.47. The molecule has 0 fully saturated rings. The van der Waals surface area contributed by atoms with E-state index in [1.807, 2.05) is 6.92 Å². The molecule has 3 heteroatoms. The molecule has 19 heavy (non-hydrogen) atoms. The molecule has 1 aromatic rings. The highest BCUT2D eigenvalue weighted by Gasteiger charge is 2.17. The van der Waals surface area contributed by atoms with Crippen LogP contribution in [0.3, 0.4) is 0 Å². The van der Waals surface area contributed by atoms with Crippen LogP contribution in [-0.2, 0) is 0 Å². The quantitative estimate of drug-likeness (QED) is 0.657. The summed E-state index contributed by atoms with van der Waals surface area (Å²) in [6.07, 6.45) is 5.91. The van der Waals surface area contributed by atoms with E-state index in [0.717, 1.165) is 12.8 Å². The third kappa shape index (κ3) is 5.27. The van der Waals surface area contributed by atoms with Gasteiger partial charge in [0.25, 0.3) is 0 Å². The Labute approximate surface area is 115 Å². The van der Waals surface area contributed by atoms with Gasteiger partial charge in [-0.2, -0.15) is 0 Å². The summed E-state index contributed by atoms with van der Waals surface area (Å²) in [5.74, 6) is -0.948. The summed E-state index contributed by atoms with van der Waals surface area (Å²) in [5.41, 5.74) is 0.142. The zero-order valence-corrected chi connectivity index (χ0v) is 12.2. The van der Waals surface area contributed by atoms with Crippen molar-refractivity contribution in [1.29, 1.82) is 0 Å². The van der Waals surface area contributed by atoms with Crippen LogP contribution in [-0.4, -0.2) is 6.04 Å². The third-order valence-electron chi connectivity index (χ3n) is 3.46. The molecule has 0 aliphatic carbocycles. The zero-order valence-electron chi connectivity index (χ0n) is 12.2. The smallest absolute Gasteiger partial charge is 0.130 e. The molecule has 0 aromatic heterocycles. The van der Waals surface area contributed by atoms with Crippen LogP contribution in [0.2, 0.25) is 0 Å². The van der Waals surface area contributed by atoms with Gasteiger partial charge in [0.2, 0.25) is 0 Å². The maximum absolute atomic E-state index is 13.6. The minimum absolute atomic E-state index is 0.142. The molecule has 0 saturated carbocycles. The number of hydrogen-bond acceptors (Lipinski definition) is 1. The van der Waals surface area contributed by atoms with Crippen LogP contribution in [0.1, 0.15) is 64.5 Å². The number of nitrogens with one attached hydrogen (secondary N) is 1. The Morgan fingerprint density at radius 1 is 1.05 bits per heavy atom. The van der Waals surface area contributed by atoms with E-state index in [9.17, 15) is 8.78 Å². The first-order chi connectivity index (χ1) is 9.06. The van der Waals surface area contributed by atoms with Crippen LogP contribution >= 0.6 is 0 Å². The van der Waals surface area contributed by atoms with Gasteiger partial charge in [0.1, 0.15) is 11.6 Å². The molecule has 0 aliphatic heterocycles. The van der Waals surface area contributed by atoms with E-state index in [1.165, 1.54) is 37.5 Å². The molecule has 0 radical (unpaired) electrons. The number of benzene rings is 1. The van der Waals surface area contributed by atoms with Crippen molar-refractivity contribution in [3.63, 3.8) is 0 Å². The van der Waals surface area contributed by atoms with Gasteiger partial charge >= 0.3 is 0 Å². The average Bonchev–Trinajstić information content (AvgIpc) is 2.34. The average molecular weight is 269 g/mol. The van der Waals surface area contributed by atoms with Crippen molar-refractivity contribution in [3.05, 3.63) is 35.4 Å². The molecule has 0 bridgehead atoms. The molecule has 0 heterocycles. The van der Waals surface area contributed by atoms with Crippen LogP contribution in [0.4, 0.5) is 8.78 Å². The standard InChI is InChI=1S/C16H25F2N/c1-4-5-6-7-9-12(2)19-13(3)16-14(17)10-8-11-15(16)18/h8,10-13,19H,4-7,9H2,1-3H3. The summed E-state index contributed by atoms with van der Waals surface area (Å²) in [6.45, 7) is 6.07. The fourth-order valence-corrected chi connectivity index (χ4v) is 2.40. The number of halogens is 2. The van der Waals surface area contributed by atoms with E-state index >= 15 is 0 Å². The molecule has 0 spiro atoms. The number of unbranched alkanes of at least 4 members (excludes halogenated alkanes) is 3. The minimum Gasteiger partial charge on any atom is -0.308 e. The van der Waals surface area contributed by atoms with E-state index < -0.39 is 11.6 Å². The second-order valence-corrected chi connectivity index (χ2v) is 5.27. The van der Waals surface area contributed by atoms with Gasteiger partial charge in [0, 0.05) is 17.6 Å². The van der Waals surface area contributed by atoms with Gasteiger partial charge in [-0.1, -0.05) is 38.7 Å². The molecule has 1 N–H and O–H groups in total. The highest BCUT2D eigenvalue weighted by Crippen LogP contribution is 2.21. The Kier molecular flexibility index (Phi) is 7.00. The molecule has 0 amide bonds. The Morgan fingerprint density at radius 3 is 2.26 bits per heavy atom. The molecule has 2 atom stereocenters. The Morgan fingerprint density at radius 2 is 1.68 bits per heavy atom. The lowest BCUT2D eigenvalue weighted by Crippen LogP contribution is -2.30. The number of hydrogen-bond donors (Lipinski definition) is 1. The van der Waals surface area contributed by atoms with Crippen LogP contribution in [0.15, 0.2) is 18.2 Å². The molecule has 108 valence electrons. The summed E-state index contributed by atoms with van der Waals surface area (Å²) in [6, 6.07) is 3.98. The van der Waals surface area contributed by atoms with Crippen molar-refractivity contribution < 1.29 is 8.78 Å². The Bertz CT molecular complexity index is 359. The highest BCUT2D eigenvalue weighted by atomic mass is 19.1. The van der Waals surface area contributed by atoms with Crippen molar-refractivity contribution >= 4 is 0 Å². The molecule has 1 rings (SSSR count). The van der Waals surface area contributed by atoms with Gasteiger partial charge < -0.3 is 5.32 Å². The minimum atomic E-state index is -0.474. The summed E-state index contributed by atoms with van der Waals surface area (Å²) in [5, 5.41) is 3.27. The molecular formula is C16H25F2N. The Hall–Kier alpha value is -0.960. The first kappa shape index (κ1) is 16.1. The third-order valence-corrected chi connectivity index (χ3v) is 3.46. The fraction of sp³-hybridized carbons (Fsp3) is 0.625. The van der Waals surface area contributed by atoms with Crippen molar-refractivity contribution in [1.82, 2.24) is 5.32 Å². The van der Waals surface area contributed by atoms with Gasteiger partial charge in [-0.3, -0.25) is 0 Å². The fourth-order valence-electron chi connectivity index (χ4n) is 2.40. The lowest BCUT2D eigenvalue weighted by atomic mass is 10.0. The summed E-state index contributed by atoms with van der Waals surface area (Å²) >= 11 is 0. The van der Waals surface area contributed by atoms with E-state index in [4.69, 9.17) is 0 Å². The van der Waals surface area contributed by atoms with Crippen molar-refractivity contribution in [3.8, 4) is 0 Å². The summed E-state index contributed by atoms with van der Waals surface area (Å²) in [7, 11) is 0. The second kappa shape index (κ2) is 8.26. The summed E-state index contributed by atoms with van der Waals surface area (Å²) < 4.78 is 27.2. The normalized spacial score (nSPS) is 14.4. The first-order valence-corrected chi connectivity index (χ1v) is 7.26. The topological polar surface area (TPSA) is 12.0 Å². The van der Waals surface area contributed by atoms with Crippen LogP contribution in [0.5, 0.6) is 0 Å². The van der Waals surface area contributed by atoms with Crippen LogP contribution < -0.4 is 5.32 Å². The van der Waals surface area contributed by atoms with Gasteiger partial charge in [-0.25, -0.2) is 8.78 Å². The maximum atomic E-state index is 13.6. The molecule has 1 nitrogen and oxygen atoms in total. The number of rotatable bonds is 8. The summed E-state index contributed by atoms with van der Waals surface area (Å²) in [4.78, 5) is 0. The molecule has 0 aliphatic rings. The van der Waals surface area contributed by atoms with Gasteiger partial charge in [0.15, 0.2) is 0 Å². The van der Waals surface area contributed by atoms with E-state index in [-0.39, 0.29) is 17.6 Å². The van der Waals surface area contributed by atoms with E-state index in [0.29, 0.717) is 0 Å². The largest absolute Gasteiger partial charge is 0.308 e. The van der Waals surface area contributed by atoms with E-state index in [2.05, 4.69) is 19.2 Å². The van der Waals surface area contributed by atoms with Crippen molar-refractivity contribution in [2.24, 2.45) is 0 Å². The van der Waals surface area contributed by atoms with Gasteiger partial charge in [0.05, 0.1) is 0 Å². The predicted octanol–water partition coefficient (Wildman–Crippen LogP) is 4.97. The predicted molar refractivity (Wildman–Crippen MR) is 76.1 cm³/mol. The molecule has 2 unspecified atom stereocenters. The SMILES string of the molecule is CCCCCCC(C)NC(C)c1c(F)cccc1F. The van der Waals surface area contributed by atoms with Crippen molar-refractivity contribution in [2.75, 3.05) is 0 Å². The van der Waals surface area contributed by atoms with Crippen LogP contribution in [0, 0.1) is 11.6 Å². The van der Waals surface area contributed by atoms with Crippen LogP contribution in [0.25, 0.3) is 0 Å². The van der Waals surface area contributed by atoms with Gasteiger partial charge in [-0.15, -0.1) is 0 Å². The molecule has 1 aromatic carbocycles. The van der Waals surface area contributed by atoms with E-state index in [1.54, 1.807) is 0 Å². The van der Waals surface area contributed by atoms with Crippen molar-refractivity contribution in [2.45, 2.75) is 65.0 Å². The molecule has 0 saturated heterocycles. The monoisotopic (exact) mass is 269 g/mol. The lowest BCUT2D eigenvalue weighted by Gasteiger charge is -2.21.